The van der Waals surface area contributed by atoms with E-state index in [-0.39, 0.29) is 6.54 Å². The summed E-state index contributed by atoms with van der Waals surface area (Å²) in [7, 11) is 0. The Morgan fingerprint density at radius 1 is 1.40 bits per heavy atom. The normalized spacial score (nSPS) is 12.6. The highest BCUT2D eigenvalue weighted by atomic mass is 16.5. The van der Waals surface area contributed by atoms with E-state index in [9.17, 15) is 5.11 Å². The molecule has 0 bridgehead atoms. The number of aliphatic hydroxyl groups is 1. The summed E-state index contributed by atoms with van der Waals surface area (Å²) in [6.45, 7) is 6.75. The first-order valence-electron chi connectivity index (χ1n) is 5.22. The highest BCUT2D eigenvalue weighted by Crippen LogP contribution is 2.30. The van der Waals surface area contributed by atoms with Crippen LogP contribution in [-0.2, 0) is 0 Å². The quantitative estimate of drug-likeness (QED) is 0.793. The van der Waals surface area contributed by atoms with Gasteiger partial charge in [0, 0.05) is 12.1 Å². The van der Waals surface area contributed by atoms with Crippen LogP contribution in [-0.4, -0.2) is 18.3 Å². The number of aliphatic hydroxyl groups excluding tert-OH is 1. The fraction of sp³-hybridized carbons (Fsp3) is 0.500. The van der Waals surface area contributed by atoms with Crippen molar-refractivity contribution in [1.82, 2.24) is 0 Å². The summed E-state index contributed by atoms with van der Waals surface area (Å²) in [4.78, 5) is 0. The lowest BCUT2D eigenvalue weighted by atomic mass is 10.0. The molecule has 0 amide bonds. The molecule has 0 heterocycles. The molecular weight excluding hydrogens is 190 g/mol. The summed E-state index contributed by atoms with van der Waals surface area (Å²) in [5, 5.41) is 9.75. The highest BCUT2D eigenvalue weighted by Gasteiger charge is 2.14. The smallest absolute Gasteiger partial charge is 0.128 e. The Morgan fingerprint density at radius 3 is 2.60 bits per heavy atom. The first-order valence-corrected chi connectivity index (χ1v) is 5.22. The monoisotopic (exact) mass is 209 g/mol. The van der Waals surface area contributed by atoms with Crippen LogP contribution in [0.5, 0.6) is 5.75 Å². The lowest BCUT2D eigenvalue weighted by molar-refractivity contribution is 0.180. The molecule has 0 saturated carbocycles. The molecule has 0 radical (unpaired) electrons. The maximum absolute atomic E-state index is 9.75. The van der Waals surface area contributed by atoms with E-state index in [1.807, 2.05) is 32.9 Å². The Kier molecular flexibility index (Phi) is 4.12. The van der Waals surface area contributed by atoms with E-state index in [0.717, 1.165) is 22.4 Å². The van der Waals surface area contributed by atoms with Gasteiger partial charge in [0.15, 0.2) is 0 Å². The van der Waals surface area contributed by atoms with Crippen molar-refractivity contribution in [2.24, 2.45) is 5.73 Å². The van der Waals surface area contributed by atoms with Crippen LogP contribution < -0.4 is 10.5 Å². The lowest BCUT2D eigenvalue weighted by Gasteiger charge is -2.17. The molecule has 0 spiro atoms. The van der Waals surface area contributed by atoms with Gasteiger partial charge in [-0.3, -0.25) is 0 Å². The van der Waals surface area contributed by atoms with Crippen LogP contribution in [0.25, 0.3) is 0 Å². The van der Waals surface area contributed by atoms with Gasteiger partial charge in [0.1, 0.15) is 5.75 Å². The molecule has 0 saturated heterocycles. The number of hydrogen-bond donors (Lipinski definition) is 2. The van der Waals surface area contributed by atoms with Crippen molar-refractivity contribution in [3.8, 4) is 5.75 Å². The van der Waals surface area contributed by atoms with E-state index < -0.39 is 6.10 Å². The third-order valence-electron chi connectivity index (χ3n) is 2.58. The summed E-state index contributed by atoms with van der Waals surface area (Å²) in [5.74, 6) is 0.774. The molecule has 84 valence electrons. The molecule has 15 heavy (non-hydrogen) atoms. The van der Waals surface area contributed by atoms with Crippen molar-refractivity contribution in [2.75, 3.05) is 13.2 Å². The van der Waals surface area contributed by atoms with Crippen molar-refractivity contribution in [3.05, 3.63) is 28.8 Å². The predicted molar refractivity (Wildman–Crippen MR) is 61.1 cm³/mol. The SMILES string of the molecule is CCOc1c(C(O)CN)ccc(C)c1C. The van der Waals surface area contributed by atoms with Gasteiger partial charge in [0.25, 0.3) is 0 Å². The molecule has 0 aromatic heterocycles. The first kappa shape index (κ1) is 12.0. The van der Waals surface area contributed by atoms with Gasteiger partial charge in [-0.2, -0.15) is 0 Å². The zero-order chi connectivity index (χ0) is 11.4. The van der Waals surface area contributed by atoms with Crippen LogP contribution in [0.1, 0.15) is 29.7 Å². The molecule has 1 unspecified atom stereocenters. The third-order valence-corrected chi connectivity index (χ3v) is 2.58. The molecule has 3 heteroatoms. The Morgan fingerprint density at radius 2 is 2.07 bits per heavy atom. The summed E-state index contributed by atoms with van der Waals surface area (Å²) >= 11 is 0. The maximum Gasteiger partial charge on any atom is 0.128 e. The Hall–Kier alpha value is -1.06. The molecular formula is C12H19NO2. The molecule has 1 aromatic carbocycles. The Bertz CT molecular complexity index is 337. The van der Waals surface area contributed by atoms with Crippen LogP contribution in [0.2, 0.25) is 0 Å². The maximum atomic E-state index is 9.75. The first-order chi connectivity index (χ1) is 7.11. The molecule has 1 aromatic rings. The van der Waals surface area contributed by atoms with Gasteiger partial charge < -0.3 is 15.6 Å². The van der Waals surface area contributed by atoms with Gasteiger partial charge in [0.2, 0.25) is 0 Å². The number of nitrogens with two attached hydrogens (primary N) is 1. The minimum atomic E-state index is -0.647. The second-order valence-corrected chi connectivity index (χ2v) is 3.61. The molecule has 1 atom stereocenters. The zero-order valence-corrected chi connectivity index (χ0v) is 9.58. The van der Waals surface area contributed by atoms with Crippen molar-refractivity contribution in [3.63, 3.8) is 0 Å². The third kappa shape index (κ3) is 2.49. The van der Waals surface area contributed by atoms with E-state index in [1.165, 1.54) is 0 Å². The van der Waals surface area contributed by atoms with E-state index in [4.69, 9.17) is 10.5 Å². The minimum Gasteiger partial charge on any atom is -0.493 e. The summed E-state index contributed by atoms with van der Waals surface area (Å²) in [5.41, 5.74) is 8.46. The molecule has 3 N–H and O–H groups in total. The van der Waals surface area contributed by atoms with E-state index in [2.05, 4.69) is 0 Å². The van der Waals surface area contributed by atoms with Crippen molar-refractivity contribution < 1.29 is 9.84 Å². The van der Waals surface area contributed by atoms with Gasteiger partial charge >= 0.3 is 0 Å². The van der Waals surface area contributed by atoms with E-state index in [0.29, 0.717) is 6.61 Å². The van der Waals surface area contributed by atoms with Crippen LogP contribution in [0, 0.1) is 13.8 Å². The van der Waals surface area contributed by atoms with Crippen molar-refractivity contribution >= 4 is 0 Å². The Balaban J connectivity index is 3.20. The van der Waals surface area contributed by atoms with Gasteiger partial charge in [-0.05, 0) is 31.9 Å². The van der Waals surface area contributed by atoms with Crippen LogP contribution >= 0.6 is 0 Å². The predicted octanol–water partition coefficient (Wildman–Crippen LogP) is 1.69. The number of rotatable bonds is 4. The second kappa shape index (κ2) is 5.14. The fourth-order valence-electron chi connectivity index (χ4n) is 1.54. The molecule has 0 aliphatic heterocycles. The largest absolute Gasteiger partial charge is 0.493 e. The second-order valence-electron chi connectivity index (χ2n) is 3.61. The average molecular weight is 209 g/mol. The van der Waals surface area contributed by atoms with Gasteiger partial charge in [-0.15, -0.1) is 0 Å². The zero-order valence-electron chi connectivity index (χ0n) is 9.58. The number of ether oxygens (including phenoxy) is 1. The van der Waals surface area contributed by atoms with E-state index in [1.54, 1.807) is 0 Å². The van der Waals surface area contributed by atoms with Crippen LogP contribution in [0.4, 0.5) is 0 Å². The fourth-order valence-corrected chi connectivity index (χ4v) is 1.54. The highest BCUT2D eigenvalue weighted by molar-refractivity contribution is 5.46. The molecule has 3 nitrogen and oxygen atoms in total. The topological polar surface area (TPSA) is 55.5 Å². The van der Waals surface area contributed by atoms with Gasteiger partial charge in [-0.1, -0.05) is 12.1 Å². The minimum absolute atomic E-state index is 0.211. The summed E-state index contributed by atoms with van der Waals surface area (Å²) in [6.07, 6.45) is -0.647. The van der Waals surface area contributed by atoms with Gasteiger partial charge in [-0.25, -0.2) is 0 Å². The van der Waals surface area contributed by atoms with Crippen molar-refractivity contribution in [2.45, 2.75) is 26.9 Å². The number of benzene rings is 1. The summed E-state index contributed by atoms with van der Waals surface area (Å²) in [6, 6.07) is 3.86. The van der Waals surface area contributed by atoms with Gasteiger partial charge in [0.05, 0.1) is 12.7 Å². The van der Waals surface area contributed by atoms with E-state index >= 15 is 0 Å². The molecule has 0 aliphatic rings. The summed E-state index contributed by atoms with van der Waals surface area (Å²) < 4.78 is 5.56. The standard InChI is InChI=1S/C12H19NO2/c1-4-15-12-9(3)8(2)5-6-10(12)11(14)7-13/h5-6,11,14H,4,7,13H2,1-3H3. The lowest BCUT2D eigenvalue weighted by Crippen LogP contribution is -2.13. The molecule has 1 rings (SSSR count). The molecule has 0 fully saturated rings. The number of hydrogen-bond acceptors (Lipinski definition) is 3. The average Bonchev–Trinajstić information content (AvgIpc) is 2.24. The van der Waals surface area contributed by atoms with Crippen LogP contribution in [0.3, 0.4) is 0 Å². The van der Waals surface area contributed by atoms with Crippen molar-refractivity contribution in [1.29, 1.82) is 0 Å². The molecule has 0 aliphatic carbocycles. The van der Waals surface area contributed by atoms with Crippen LogP contribution in [0.15, 0.2) is 12.1 Å². The Labute approximate surface area is 90.9 Å². The number of aryl methyl sites for hydroxylation is 1.